The zero-order valence-corrected chi connectivity index (χ0v) is 34.2. The van der Waals surface area contributed by atoms with Gasteiger partial charge in [0.15, 0.2) is 0 Å². The quantitative estimate of drug-likeness (QED) is 0.127. The fourth-order valence-corrected chi connectivity index (χ4v) is 12.5. The normalized spacial score (nSPS) is 12.0. The summed E-state index contributed by atoms with van der Waals surface area (Å²) in [5.74, 6) is 0. The van der Waals surface area contributed by atoms with E-state index in [-0.39, 0.29) is 14.5 Å². The van der Waals surface area contributed by atoms with E-state index >= 15 is 0 Å². The van der Waals surface area contributed by atoms with E-state index in [2.05, 4.69) is 206 Å². The van der Waals surface area contributed by atoms with Crippen LogP contribution in [0.1, 0.15) is 0 Å². The molecule has 60 heavy (non-hydrogen) atoms. The Balaban J connectivity index is 1.10. The summed E-state index contributed by atoms with van der Waals surface area (Å²) in [4.78, 5) is 0. The molecular formula is C58H34OSe. The van der Waals surface area contributed by atoms with Crippen LogP contribution < -0.4 is 0 Å². The van der Waals surface area contributed by atoms with E-state index in [1.807, 2.05) is 0 Å². The van der Waals surface area contributed by atoms with Crippen LogP contribution in [0.5, 0.6) is 0 Å². The van der Waals surface area contributed by atoms with Crippen LogP contribution in [0.2, 0.25) is 0 Å². The number of fused-ring (bicyclic) bond motifs is 10. The molecule has 0 saturated heterocycles. The summed E-state index contributed by atoms with van der Waals surface area (Å²) in [6, 6.07) is 76.1. The van der Waals surface area contributed by atoms with Crippen molar-refractivity contribution in [2.75, 3.05) is 0 Å². The average Bonchev–Trinajstić information content (AvgIpc) is 3.89. The van der Waals surface area contributed by atoms with Crippen LogP contribution in [0.15, 0.2) is 211 Å². The molecule has 0 fully saturated rings. The van der Waals surface area contributed by atoms with Crippen molar-refractivity contribution < 1.29 is 4.42 Å². The molecule has 0 spiro atoms. The Morgan fingerprint density at radius 2 is 0.750 bits per heavy atom. The summed E-state index contributed by atoms with van der Waals surface area (Å²) in [5.41, 5.74) is 11.8. The van der Waals surface area contributed by atoms with Crippen LogP contribution in [-0.4, -0.2) is 14.5 Å². The number of para-hydroxylation sites is 2. The molecule has 13 aromatic rings. The minimum absolute atomic E-state index is 0.184. The number of benzene rings is 11. The van der Waals surface area contributed by atoms with Gasteiger partial charge in [-0.3, -0.25) is 0 Å². The van der Waals surface area contributed by atoms with Gasteiger partial charge in [-0.1, -0.05) is 12.1 Å². The van der Waals surface area contributed by atoms with Crippen molar-refractivity contribution in [2.24, 2.45) is 0 Å². The second kappa shape index (κ2) is 13.1. The third kappa shape index (κ3) is 4.87. The number of hydrogen-bond acceptors (Lipinski definition) is 1. The van der Waals surface area contributed by atoms with Gasteiger partial charge in [0.1, 0.15) is 0 Å². The van der Waals surface area contributed by atoms with Crippen molar-refractivity contribution in [3.63, 3.8) is 0 Å². The average molecular weight is 826 g/mol. The number of hydrogen-bond donors (Lipinski definition) is 0. The van der Waals surface area contributed by atoms with Crippen molar-refractivity contribution >= 4 is 98.8 Å². The molecule has 0 aliphatic heterocycles. The molecule has 11 aromatic carbocycles. The van der Waals surface area contributed by atoms with E-state index < -0.39 is 0 Å². The maximum atomic E-state index is 6.68. The molecule has 0 atom stereocenters. The van der Waals surface area contributed by atoms with E-state index in [9.17, 15) is 0 Å². The molecule has 2 heteroatoms. The molecule has 0 bridgehead atoms. The second-order valence-electron chi connectivity index (χ2n) is 15.8. The summed E-state index contributed by atoms with van der Waals surface area (Å²) in [5, 5.41) is 15.1. The predicted molar refractivity (Wildman–Crippen MR) is 257 cm³/mol. The Kier molecular flexibility index (Phi) is 7.39. The van der Waals surface area contributed by atoms with Gasteiger partial charge in [0.05, 0.1) is 0 Å². The minimum atomic E-state index is 0.184. The number of furan rings is 1. The Morgan fingerprint density at radius 1 is 0.283 bits per heavy atom. The first kappa shape index (κ1) is 33.7. The standard InChI is InChI=1S/C58H34OSe/c1-2-16-35(17-3-1)53-38-19-4-6-21-40(38)54(41-22-7-5-20-39(41)53)36-32-33-51-49(34-36)57-47(28-15-31-52(57)60-51)55-42-23-8-10-25-44(42)56(45-26-11-9-24-43(45)55)48-29-14-27-46-37-18-12-13-30-50(37)59-58(46)48/h1-34H. The molecular weight excluding hydrogens is 792 g/mol. The summed E-state index contributed by atoms with van der Waals surface area (Å²) in [7, 11) is 0. The van der Waals surface area contributed by atoms with Crippen LogP contribution >= 0.6 is 0 Å². The molecule has 2 aromatic heterocycles. The fourth-order valence-electron chi connectivity index (χ4n) is 10.2. The molecule has 13 rings (SSSR count). The molecule has 1 nitrogen and oxygen atoms in total. The third-order valence-corrected chi connectivity index (χ3v) is 15.0. The van der Waals surface area contributed by atoms with Crippen molar-refractivity contribution in [2.45, 2.75) is 0 Å². The van der Waals surface area contributed by atoms with Crippen molar-refractivity contribution in [1.29, 1.82) is 0 Å². The van der Waals surface area contributed by atoms with Gasteiger partial charge in [-0.25, -0.2) is 0 Å². The molecule has 0 radical (unpaired) electrons. The molecule has 0 amide bonds. The van der Waals surface area contributed by atoms with Crippen LogP contribution in [0.3, 0.4) is 0 Å². The monoisotopic (exact) mass is 826 g/mol. The maximum absolute atomic E-state index is 6.68. The molecule has 0 saturated carbocycles. The Hall–Kier alpha value is -7.22. The fraction of sp³-hybridized carbons (Fsp3) is 0. The van der Waals surface area contributed by atoms with Gasteiger partial charge in [-0.2, -0.15) is 0 Å². The summed E-state index contributed by atoms with van der Waals surface area (Å²) in [6.45, 7) is 0. The van der Waals surface area contributed by atoms with E-state index in [0.717, 1.165) is 27.5 Å². The van der Waals surface area contributed by atoms with Crippen LogP contribution in [0.25, 0.3) is 129 Å². The van der Waals surface area contributed by atoms with Crippen LogP contribution in [0, 0.1) is 0 Å². The van der Waals surface area contributed by atoms with Crippen molar-refractivity contribution in [1.82, 2.24) is 0 Å². The van der Waals surface area contributed by atoms with E-state index in [0.29, 0.717) is 0 Å². The van der Waals surface area contributed by atoms with E-state index in [4.69, 9.17) is 4.42 Å². The topological polar surface area (TPSA) is 13.1 Å². The zero-order chi connectivity index (χ0) is 39.3. The van der Waals surface area contributed by atoms with Gasteiger partial charge in [0, 0.05) is 0 Å². The van der Waals surface area contributed by atoms with Gasteiger partial charge >= 0.3 is 342 Å². The summed E-state index contributed by atoms with van der Waals surface area (Å²) < 4.78 is 9.55. The Labute approximate surface area is 352 Å². The van der Waals surface area contributed by atoms with Gasteiger partial charge < -0.3 is 0 Å². The van der Waals surface area contributed by atoms with E-state index in [1.54, 1.807) is 0 Å². The number of rotatable bonds is 4. The predicted octanol–water partition coefficient (Wildman–Crippen LogP) is 16.2. The molecule has 2 heterocycles. The second-order valence-corrected chi connectivity index (χ2v) is 18.1. The van der Waals surface area contributed by atoms with Crippen molar-refractivity contribution in [3.8, 4) is 44.5 Å². The zero-order valence-electron chi connectivity index (χ0n) is 32.4. The first-order valence-corrected chi connectivity index (χ1v) is 22.3. The molecule has 0 aliphatic rings. The first-order valence-electron chi connectivity index (χ1n) is 20.6. The van der Waals surface area contributed by atoms with Crippen LogP contribution in [0.4, 0.5) is 0 Å². The molecule has 0 unspecified atom stereocenters. The third-order valence-electron chi connectivity index (χ3n) is 12.7. The molecule has 278 valence electrons. The van der Waals surface area contributed by atoms with Crippen LogP contribution in [-0.2, 0) is 0 Å². The SMILES string of the molecule is c1ccc(-c2c3ccccc3c(-c3ccc4[se]c5cccc(-c6c7ccccc7c(-c7cccc8c7oc7ccccc78)c7ccccc67)c5c4c3)c3ccccc23)cc1. The molecule has 0 aliphatic carbocycles. The van der Waals surface area contributed by atoms with Gasteiger partial charge in [0.2, 0.25) is 0 Å². The van der Waals surface area contributed by atoms with Crippen molar-refractivity contribution in [3.05, 3.63) is 206 Å². The van der Waals surface area contributed by atoms with E-state index in [1.165, 1.54) is 101 Å². The molecule has 0 N–H and O–H groups in total. The Morgan fingerprint density at radius 3 is 1.37 bits per heavy atom. The van der Waals surface area contributed by atoms with Gasteiger partial charge in [-0.15, -0.1) is 0 Å². The summed E-state index contributed by atoms with van der Waals surface area (Å²) in [6.07, 6.45) is 0. The summed E-state index contributed by atoms with van der Waals surface area (Å²) >= 11 is 0.184. The van der Waals surface area contributed by atoms with Gasteiger partial charge in [-0.05, 0) is 0 Å². The Bertz CT molecular complexity index is 3770. The first-order chi connectivity index (χ1) is 29.8. The van der Waals surface area contributed by atoms with Gasteiger partial charge in [0.25, 0.3) is 0 Å².